The number of alkyl halides is 2. The second kappa shape index (κ2) is 9.29. The van der Waals surface area contributed by atoms with E-state index in [1.807, 2.05) is 0 Å². The van der Waals surface area contributed by atoms with Crippen LogP contribution >= 0.6 is 0 Å². The minimum Gasteiger partial charge on any atom is -0.429 e. The van der Waals surface area contributed by atoms with E-state index in [2.05, 4.69) is 11.7 Å². The molecule has 9 heteroatoms. The van der Waals surface area contributed by atoms with E-state index in [1.54, 1.807) is 12.1 Å². The highest BCUT2D eigenvalue weighted by Crippen LogP contribution is 2.38. The standard InChI is InChI=1S/C25H19F7O2/c1-13-2-9-21(33-12-13)15-5-3-14(4-6-15)17-7-8-18(23(29)22(17)28)25(31,32)34-16-10-19(26)24(30)20(27)11-16/h3-8,10-11,13,21H,2,9,12H2,1H3. The summed E-state index contributed by atoms with van der Waals surface area (Å²) in [7, 11) is 0. The van der Waals surface area contributed by atoms with Crippen LogP contribution in [0.2, 0.25) is 0 Å². The molecule has 0 aromatic heterocycles. The molecule has 0 radical (unpaired) electrons. The zero-order chi connectivity index (χ0) is 24.6. The van der Waals surface area contributed by atoms with Crippen molar-refractivity contribution in [2.75, 3.05) is 6.61 Å². The molecule has 2 atom stereocenters. The van der Waals surface area contributed by atoms with Gasteiger partial charge in [-0.05, 0) is 36.0 Å². The maximum atomic E-state index is 14.7. The number of hydrogen-bond acceptors (Lipinski definition) is 2. The van der Waals surface area contributed by atoms with Crippen molar-refractivity contribution in [1.82, 2.24) is 0 Å². The lowest BCUT2D eigenvalue weighted by Gasteiger charge is -2.27. The molecule has 1 aliphatic rings. The minimum absolute atomic E-state index is 0.105. The van der Waals surface area contributed by atoms with Gasteiger partial charge >= 0.3 is 6.11 Å². The molecule has 0 aliphatic carbocycles. The topological polar surface area (TPSA) is 18.5 Å². The van der Waals surface area contributed by atoms with Gasteiger partial charge in [-0.15, -0.1) is 0 Å². The van der Waals surface area contributed by atoms with Crippen LogP contribution in [0.25, 0.3) is 11.1 Å². The molecule has 0 N–H and O–H groups in total. The number of benzene rings is 3. The zero-order valence-electron chi connectivity index (χ0n) is 17.9. The highest BCUT2D eigenvalue weighted by atomic mass is 19.3. The van der Waals surface area contributed by atoms with Crippen LogP contribution in [0.5, 0.6) is 5.75 Å². The Morgan fingerprint density at radius 1 is 0.824 bits per heavy atom. The van der Waals surface area contributed by atoms with Crippen molar-refractivity contribution in [3.63, 3.8) is 0 Å². The van der Waals surface area contributed by atoms with Gasteiger partial charge in [0.05, 0.1) is 6.10 Å². The zero-order valence-corrected chi connectivity index (χ0v) is 17.9. The van der Waals surface area contributed by atoms with Crippen LogP contribution in [-0.4, -0.2) is 6.61 Å². The first-order valence-electron chi connectivity index (χ1n) is 10.5. The van der Waals surface area contributed by atoms with Crippen molar-refractivity contribution in [3.05, 3.63) is 88.7 Å². The largest absolute Gasteiger partial charge is 0.429 e. The average Bonchev–Trinajstić information content (AvgIpc) is 2.79. The first kappa shape index (κ1) is 24.1. The lowest BCUT2D eigenvalue weighted by molar-refractivity contribution is -0.187. The van der Waals surface area contributed by atoms with Crippen molar-refractivity contribution in [2.24, 2.45) is 5.92 Å². The third-order valence-electron chi connectivity index (χ3n) is 5.70. The molecule has 1 aliphatic heterocycles. The van der Waals surface area contributed by atoms with Gasteiger partial charge in [-0.1, -0.05) is 37.3 Å². The van der Waals surface area contributed by atoms with Gasteiger partial charge in [0, 0.05) is 24.3 Å². The smallest absolute Gasteiger partial charge is 0.429 e. The third-order valence-corrected chi connectivity index (χ3v) is 5.70. The normalized spacial score (nSPS) is 18.7. The summed E-state index contributed by atoms with van der Waals surface area (Å²) in [6.07, 6.45) is -2.78. The molecule has 180 valence electrons. The van der Waals surface area contributed by atoms with E-state index in [9.17, 15) is 30.7 Å². The molecule has 0 spiro atoms. The fourth-order valence-electron chi connectivity index (χ4n) is 3.81. The van der Waals surface area contributed by atoms with Crippen LogP contribution in [0.15, 0.2) is 48.5 Å². The highest BCUT2D eigenvalue weighted by Gasteiger charge is 2.40. The van der Waals surface area contributed by atoms with Crippen LogP contribution in [0, 0.1) is 35.0 Å². The maximum absolute atomic E-state index is 14.7. The first-order chi connectivity index (χ1) is 16.1. The van der Waals surface area contributed by atoms with Crippen LogP contribution in [0.1, 0.15) is 37.0 Å². The number of hydrogen-bond donors (Lipinski definition) is 0. The van der Waals surface area contributed by atoms with E-state index in [4.69, 9.17) is 4.74 Å². The predicted octanol–water partition coefficient (Wildman–Crippen LogP) is 7.67. The molecule has 4 rings (SSSR count). The Balaban J connectivity index is 1.58. The molecule has 0 amide bonds. The van der Waals surface area contributed by atoms with Gasteiger partial charge in [-0.25, -0.2) is 22.0 Å². The van der Waals surface area contributed by atoms with Crippen molar-refractivity contribution >= 4 is 0 Å². The molecule has 0 saturated carbocycles. The summed E-state index contributed by atoms with van der Waals surface area (Å²) >= 11 is 0. The average molecular weight is 484 g/mol. The van der Waals surface area contributed by atoms with E-state index in [-0.39, 0.29) is 29.4 Å². The minimum atomic E-state index is -4.50. The Kier molecular flexibility index (Phi) is 6.58. The quantitative estimate of drug-likeness (QED) is 0.273. The van der Waals surface area contributed by atoms with E-state index in [0.717, 1.165) is 24.5 Å². The summed E-state index contributed by atoms with van der Waals surface area (Å²) in [5.41, 5.74) is -0.629. The molecule has 3 aromatic rings. The summed E-state index contributed by atoms with van der Waals surface area (Å²) in [5, 5.41) is 0. The molecule has 34 heavy (non-hydrogen) atoms. The Labute approximate surface area is 190 Å². The third kappa shape index (κ3) is 4.75. The van der Waals surface area contributed by atoms with E-state index >= 15 is 0 Å². The molecular formula is C25H19F7O2. The Morgan fingerprint density at radius 3 is 2.06 bits per heavy atom. The number of halogens is 7. The maximum Gasteiger partial charge on any atom is 0.429 e. The van der Waals surface area contributed by atoms with Crippen LogP contribution in [-0.2, 0) is 10.8 Å². The second-order valence-corrected chi connectivity index (χ2v) is 8.23. The lowest BCUT2D eigenvalue weighted by atomic mass is 9.94. The predicted molar refractivity (Wildman–Crippen MR) is 110 cm³/mol. The second-order valence-electron chi connectivity index (χ2n) is 8.23. The van der Waals surface area contributed by atoms with Crippen molar-refractivity contribution in [2.45, 2.75) is 32.0 Å². The first-order valence-corrected chi connectivity index (χ1v) is 10.5. The summed E-state index contributed by atoms with van der Waals surface area (Å²) in [5.74, 6) is -9.50. The van der Waals surface area contributed by atoms with E-state index in [0.29, 0.717) is 18.6 Å². The van der Waals surface area contributed by atoms with Gasteiger partial charge in [0.15, 0.2) is 29.1 Å². The lowest BCUT2D eigenvalue weighted by Crippen LogP contribution is -2.24. The molecule has 3 aromatic carbocycles. The number of ether oxygens (including phenoxy) is 2. The van der Waals surface area contributed by atoms with Crippen LogP contribution in [0.3, 0.4) is 0 Å². The summed E-state index contributed by atoms with van der Waals surface area (Å²) in [6.45, 7) is 2.71. The van der Waals surface area contributed by atoms with Gasteiger partial charge in [-0.2, -0.15) is 8.78 Å². The summed E-state index contributed by atoms with van der Waals surface area (Å²) < 4.78 is 108. The van der Waals surface area contributed by atoms with Crippen LogP contribution in [0.4, 0.5) is 30.7 Å². The molecule has 2 unspecified atom stereocenters. The Morgan fingerprint density at radius 2 is 1.47 bits per heavy atom. The van der Waals surface area contributed by atoms with E-state index < -0.39 is 46.5 Å². The van der Waals surface area contributed by atoms with Gasteiger partial charge in [0.2, 0.25) is 0 Å². The molecule has 2 nitrogen and oxygen atoms in total. The number of rotatable bonds is 5. The molecule has 1 saturated heterocycles. The summed E-state index contributed by atoms with van der Waals surface area (Å²) in [4.78, 5) is 0. The molecular weight excluding hydrogens is 465 g/mol. The molecule has 1 fully saturated rings. The molecule has 1 heterocycles. The Bertz CT molecular complexity index is 1160. The van der Waals surface area contributed by atoms with Gasteiger partial charge in [-0.3, -0.25) is 0 Å². The molecule has 0 bridgehead atoms. The van der Waals surface area contributed by atoms with Crippen molar-refractivity contribution in [1.29, 1.82) is 0 Å². The SMILES string of the molecule is CC1CCC(c2ccc(-c3ccc(C(F)(F)Oc4cc(F)c(F)c(F)c4)c(F)c3F)cc2)OC1. The fraction of sp³-hybridized carbons (Fsp3) is 0.280. The summed E-state index contributed by atoms with van der Waals surface area (Å²) in [6, 6.07) is 8.39. The highest BCUT2D eigenvalue weighted by molar-refractivity contribution is 5.65. The van der Waals surface area contributed by atoms with Crippen LogP contribution < -0.4 is 4.74 Å². The van der Waals surface area contributed by atoms with Crippen molar-refractivity contribution < 1.29 is 40.2 Å². The van der Waals surface area contributed by atoms with Crippen molar-refractivity contribution in [3.8, 4) is 16.9 Å². The monoisotopic (exact) mass is 484 g/mol. The van der Waals surface area contributed by atoms with E-state index in [1.165, 1.54) is 12.1 Å². The van der Waals surface area contributed by atoms with Gasteiger partial charge in [0.25, 0.3) is 0 Å². The van der Waals surface area contributed by atoms with Gasteiger partial charge < -0.3 is 9.47 Å². The fourth-order valence-corrected chi connectivity index (χ4v) is 3.81. The van der Waals surface area contributed by atoms with Gasteiger partial charge in [0.1, 0.15) is 11.3 Å². The Hall–Kier alpha value is -3.07.